The summed E-state index contributed by atoms with van der Waals surface area (Å²) in [6.45, 7) is 0.518. The van der Waals surface area contributed by atoms with E-state index in [1.165, 1.54) is 18.2 Å². The van der Waals surface area contributed by atoms with Gasteiger partial charge in [0.2, 0.25) is 0 Å². The number of carboxylic acids is 1. The first-order valence-corrected chi connectivity index (χ1v) is 7.60. The van der Waals surface area contributed by atoms with Gasteiger partial charge in [-0.15, -0.1) is 0 Å². The van der Waals surface area contributed by atoms with Crippen LogP contribution in [0.15, 0.2) is 36.5 Å². The molecule has 0 unspecified atom stereocenters. The number of benzene rings is 1. The molecule has 1 aromatic carbocycles. The molecule has 0 saturated carbocycles. The number of nitrogens with one attached hydrogen (secondary N) is 1. The third kappa shape index (κ3) is 4.90. The first kappa shape index (κ1) is 17.7. The summed E-state index contributed by atoms with van der Waals surface area (Å²) in [5.41, 5.74) is 0.454. The monoisotopic (exact) mass is 436 g/mol. The number of hydrogen-bond acceptors (Lipinski definition) is 3. The van der Waals surface area contributed by atoms with Crippen molar-refractivity contribution >= 4 is 28.6 Å². The first-order chi connectivity index (χ1) is 10.8. The van der Waals surface area contributed by atoms with Crippen LogP contribution in [0, 0.1) is 3.57 Å². The third-order valence-corrected chi connectivity index (χ3v) is 3.66. The van der Waals surface area contributed by atoms with E-state index in [4.69, 9.17) is 5.11 Å². The zero-order chi connectivity index (χ0) is 17.0. The Morgan fingerprint density at radius 3 is 2.43 bits per heavy atom. The molecule has 23 heavy (non-hydrogen) atoms. The van der Waals surface area contributed by atoms with Gasteiger partial charge in [-0.05, 0) is 46.4 Å². The van der Waals surface area contributed by atoms with Crippen molar-refractivity contribution in [1.82, 2.24) is 10.3 Å². The van der Waals surface area contributed by atoms with E-state index in [0.717, 1.165) is 12.1 Å². The van der Waals surface area contributed by atoms with Crippen molar-refractivity contribution in [1.29, 1.82) is 0 Å². The fourth-order valence-electron chi connectivity index (χ4n) is 1.93. The molecule has 2 rings (SSSR count). The Kier molecular flexibility index (Phi) is 5.58. The molecule has 0 aliphatic heterocycles. The Hall–Kier alpha value is -1.68. The molecule has 2 aromatic rings. The number of rotatable bonds is 5. The van der Waals surface area contributed by atoms with Gasteiger partial charge >= 0.3 is 12.1 Å². The van der Waals surface area contributed by atoms with Crippen LogP contribution in [0.2, 0.25) is 0 Å². The van der Waals surface area contributed by atoms with Gasteiger partial charge in [0.25, 0.3) is 0 Å². The van der Waals surface area contributed by atoms with E-state index in [1.54, 1.807) is 6.20 Å². The number of carbonyl (C=O) groups is 1. The lowest BCUT2D eigenvalue weighted by Crippen LogP contribution is -2.17. The normalized spacial score (nSPS) is 11.5. The summed E-state index contributed by atoms with van der Waals surface area (Å²) in [5, 5.41) is 12.1. The number of hydrogen-bond donors (Lipinski definition) is 2. The molecule has 1 heterocycles. The average molecular weight is 436 g/mol. The molecule has 0 bridgehead atoms. The molecule has 0 amide bonds. The minimum Gasteiger partial charge on any atom is -0.478 e. The molecule has 8 heteroatoms. The van der Waals surface area contributed by atoms with Crippen molar-refractivity contribution in [3.05, 3.63) is 62.5 Å². The average Bonchev–Trinajstić information content (AvgIpc) is 2.48. The number of aromatic carboxylic acids is 1. The number of pyridine rings is 1. The first-order valence-electron chi connectivity index (χ1n) is 6.52. The van der Waals surface area contributed by atoms with Gasteiger partial charge in [-0.3, -0.25) is 4.98 Å². The number of nitrogens with zero attached hydrogens (tertiary/aromatic N) is 1. The standard InChI is InChI=1S/C15H12F3IN2O2/c16-15(17,18)10-3-1-9(2-4-10)6-20-8-13-12(14(22)23)5-11(19)7-21-13/h1-5,7,20H,6,8H2,(H,22,23). The summed E-state index contributed by atoms with van der Waals surface area (Å²) in [6.07, 6.45) is -2.80. The van der Waals surface area contributed by atoms with Crippen LogP contribution in [-0.2, 0) is 19.3 Å². The highest BCUT2D eigenvalue weighted by Gasteiger charge is 2.29. The minimum atomic E-state index is -4.35. The Morgan fingerprint density at radius 2 is 1.87 bits per heavy atom. The van der Waals surface area contributed by atoms with Crippen LogP contribution >= 0.6 is 22.6 Å². The zero-order valence-electron chi connectivity index (χ0n) is 11.7. The van der Waals surface area contributed by atoms with Crippen molar-refractivity contribution in [3.63, 3.8) is 0 Å². The highest BCUT2D eigenvalue weighted by atomic mass is 127. The Labute approximate surface area is 143 Å². The molecular formula is C15H12F3IN2O2. The maximum absolute atomic E-state index is 12.5. The molecule has 2 N–H and O–H groups in total. The highest BCUT2D eigenvalue weighted by Crippen LogP contribution is 2.29. The number of aromatic nitrogens is 1. The zero-order valence-corrected chi connectivity index (χ0v) is 13.9. The summed E-state index contributed by atoms with van der Waals surface area (Å²) < 4.78 is 38.1. The van der Waals surface area contributed by atoms with Crippen LogP contribution in [0.3, 0.4) is 0 Å². The highest BCUT2D eigenvalue weighted by molar-refractivity contribution is 14.1. The molecule has 0 spiro atoms. The van der Waals surface area contributed by atoms with Crippen molar-refractivity contribution in [2.75, 3.05) is 0 Å². The SMILES string of the molecule is O=C(O)c1cc(I)cnc1CNCc1ccc(C(F)(F)F)cc1. The van der Waals surface area contributed by atoms with Gasteiger partial charge in [0.1, 0.15) is 0 Å². The second-order valence-electron chi connectivity index (χ2n) is 4.75. The Bertz CT molecular complexity index is 703. The molecular weight excluding hydrogens is 424 g/mol. The van der Waals surface area contributed by atoms with Crippen molar-refractivity contribution in [2.45, 2.75) is 19.3 Å². The lowest BCUT2D eigenvalue weighted by Gasteiger charge is -2.09. The second-order valence-corrected chi connectivity index (χ2v) is 6.00. The van der Waals surface area contributed by atoms with Crippen LogP contribution in [0.25, 0.3) is 0 Å². The third-order valence-electron chi connectivity index (χ3n) is 3.07. The van der Waals surface area contributed by atoms with Crippen LogP contribution in [0.1, 0.15) is 27.2 Å². The maximum Gasteiger partial charge on any atom is 0.416 e. The lowest BCUT2D eigenvalue weighted by atomic mass is 10.1. The predicted molar refractivity (Wildman–Crippen MR) is 85.9 cm³/mol. The van der Waals surface area contributed by atoms with E-state index >= 15 is 0 Å². The fourth-order valence-corrected chi connectivity index (χ4v) is 2.38. The van der Waals surface area contributed by atoms with E-state index in [0.29, 0.717) is 21.4 Å². The second kappa shape index (κ2) is 7.26. The largest absolute Gasteiger partial charge is 0.478 e. The molecule has 122 valence electrons. The Balaban J connectivity index is 1.99. The Morgan fingerprint density at radius 1 is 1.22 bits per heavy atom. The molecule has 0 radical (unpaired) electrons. The summed E-state index contributed by atoms with van der Waals surface area (Å²) in [7, 11) is 0. The van der Waals surface area contributed by atoms with E-state index in [1.807, 2.05) is 22.6 Å². The molecule has 0 aliphatic rings. The summed E-state index contributed by atoms with van der Waals surface area (Å²) in [6, 6.07) is 6.32. The predicted octanol–water partition coefficient (Wildman–Crippen LogP) is 3.69. The van der Waals surface area contributed by atoms with Crippen LogP contribution in [-0.4, -0.2) is 16.1 Å². The van der Waals surface area contributed by atoms with Crippen molar-refractivity contribution in [3.8, 4) is 0 Å². The van der Waals surface area contributed by atoms with E-state index in [2.05, 4.69) is 10.3 Å². The fraction of sp³-hybridized carbons (Fsp3) is 0.200. The summed E-state index contributed by atoms with van der Waals surface area (Å²) in [5.74, 6) is -1.07. The van der Waals surface area contributed by atoms with Gasteiger partial charge in [-0.2, -0.15) is 13.2 Å². The van der Waals surface area contributed by atoms with Gasteiger partial charge in [0.05, 0.1) is 16.8 Å². The van der Waals surface area contributed by atoms with Gasteiger partial charge in [0, 0.05) is 22.9 Å². The maximum atomic E-state index is 12.5. The van der Waals surface area contributed by atoms with E-state index in [-0.39, 0.29) is 12.1 Å². The van der Waals surface area contributed by atoms with Gasteiger partial charge in [-0.25, -0.2) is 4.79 Å². The van der Waals surface area contributed by atoms with Gasteiger partial charge in [-0.1, -0.05) is 12.1 Å². The lowest BCUT2D eigenvalue weighted by molar-refractivity contribution is -0.137. The number of carboxylic acid groups (broad SMARTS) is 1. The molecule has 0 fully saturated rings. The van der Waals surface area contributed by atoms with Crippen molar-refractivity contribution < 1.29 is 23.1 Å². The molecule has 0 saturated heterocycles. The smallest absolute Gasteiger partial charge is 0.416 e. The van der Waals surface area contributed by atoms with E-state index in [9.17, 15) is 18.0 Å². The summed E-state index contributed by atoms with van der Waals surface area (Å²) >= 11 is 1.97. The number of halogens is 4. The van der Waals surface area contributed by atoms with Gasteiger partial charge in [0.15, 0.2) is 0 Å². The number of alkyl halides is 3. The van der Waals surface area contributed by atoms with Crippen LogP contribution in [0.5, 0.6) is 0 Å². The van der Waals surface area contributed by atoms with Gasteiger partial charge < -0.3 is 10.4 Å². The topological polar surface area (TPSA) is 62.2 Å². The minimum absolute atomic E-state index is 0.108. The van der Waals surface area contributed by atoms with Crippen LogP contribution < -0.4 is 5.32 Å². The molecule has 0 aliphatic carbocycles. The van der Waals surface area contributed by atoms with Crippen LogP contribution in [0.4, 0.5) is 13.2 Å². The quantitative estimate of drug-likeness (QED) is 0.703. The summed E-state index contributed by atoms with van der Waals surface area (Å²) in [4.78, 5) is 15.2. The molecule has 0 atom stereocenters. The molecule has 4 nitrogen and oxygen atoms in total. The molecule has 1 aromatic heterocycles. The van der Waals surface area contributed by atoms with E-state index < -0.39 is 17.7 Å². The van der Waals surface area contributed by atoms with Crippen molar-refractivity contribution in [2.24, 2.45) is 0 Å².